The summed E-state index contributed by atoms with van der Waals surface area (Å²) in [7, 11) is 0. The van der Waals surface area contributed by atoms with Crippen molar-refractivity contribution in [3.63, 3.8) is 0 Å². The number of ketones is 1. The second kappa shape index (κ2) is 1.81. The van der Waals surface area contributed by atoms with Gasteiger partial charge in [0.25, 0.3) is 0 Å². The van der Waals surface area contributed by atoms with Crippen LogP contribution in [0.3, 0.4) is 0 Å². The highest BCUT2D eigenvalue weighted by Crippen LogP contribution is 2.30. The normalized spacial score (nSPS) is 41.6. The Morgan fingerprint density at radius 2 is 2.33 bits per heavy atom. The molecule has 0 radical (unpaired) electrons. The van der Waals surface area contributed by atoms with Crippen LogP contribution in [0.1, 0.15) is 12.8 Å². The topological polar surface area (TPSA) is 29.1 Å². The van der Waals surface area contributed by atoms with Crippen molar-refractivity contribution in [2.24, 2.45) is 11.8 Å². The Morgan fingerprint density at radius 3 is 3.11 bits per heavy atom. The van der Waals surface area contributed by atoms with E-state index in [0.29, 0.717) is 17.6 Å². The van der Waals surface area contributed by atoms with E-state index in [0.717, 1.165) is 25.9 Å². The van der Waals surface area contributed by atoms with Gasteiger partial charge in [0.15, 0.2) is 0 Å². The molecule has 0 aromatic carbocycles. The standard InChI is InChI=1S/C7H11NO/c9-7-2-1-5-3-8-4-6(5)7/h5-6,8H,1-4H2/t5-,6-/m1/s1. The van der Waals surface area contributed by atoms with Crippen LogP contribution in [0.25, 0.3) is 0 Å². The fraction of sp³-hybridized carbons (Fsp3) is 0.857. The molecule has 2 rings (SSSR count). The molecule has 1 N–H and O–H groups in total. The summed E-state index contributed by atoms with van der Waals surface area (Å²) in [4.78, 5) is 11.0. The number of rotatable bonds is 0. The van der Waals surface area contributed by atoms with Crippen LogP contribution in [0.2, 0.25) is 0 Å². The van der Waals surface area contributed by atoms with Gasteiger partial charge in [-0.1, -0.05) is 0 Å². The third-order valence-electron chi connectivity index (χ3n) is 2.51. The van der Waals surface area contributed by atoms with Crippen molar-refractivity contribution < 1.29 is 4.79 Å². The summed E-state index contributed by atoms with van der Waals surface area (Å²) < 4.78 is 0. The van der Waals surface area contributed by atoms with Gasteiger partial charge < -0.3 is 5.32 Å². The predicted molar refractivity (Wildman–Crippen MR) is 34.1 cm³/mol. The van der Waals surface area contributed by atoms with Gasteiger partial charge in [-0.15, -0.1) is 0 Å². The van der Waals surface area contributed by atoms with Gasteiger partial charge >= 0.3 is 0 Å². The van der Waals surface area contributed by atoms with E-state index in [9.17, 15) is 4.79 Å². The Kier molecular flexibility index (Phi) is 1.09. The Morgan fingerprint density at radius 1 is 1.44 bits per heavy atom. The van der Waals surface area contributed by atoms with Crippen molar-refractivity contribution in [3.05, 3.63) is 0 Å². The molecule has 0 aromatic rings. The lowest BCUT2D eigenvalue weighted by Crippen LogP contribution is -2.14. The van der Waals surface area contributed by atoms with Crippen LogP contribution in [-0.2, 0) is 4.79 Å². The van der Waals surface area contributed by atoms with Gasteiger partial charge in [0.1, 0.15) is 5.78 Å². The molecule has 1 saturated carbocycles. The lowest BCUT2D eigenvalue weighted by molar-refractivity contribution is -0.120. The summed E-state index contributed by atoms with van der Waals surface area (Å²) in [5, 5.41) is 3.23. The lowest BCUT2D eigenvalue weighted by atomic mass is 10.0. The Hall–Kier alpha value is -0.370. The van der Waals surface area contributed by atoms with E-state index >= 15 is 0 Å². The lowest BCUT2D eigenvalue weighted by Gasteiger charge is -2.01. The molecule has 1 aliphatic heterocycles. The molecule has 2 heteroatoms. The maximum absolute atomic E-state index is 11.0. The average Bonchev–Trinajstić information content (AvgIpc) is 2.35. The van der Waals surface area contributed by atoms with Gasteiger partial charge in [0, 0.05) is 18.9 Å². The van der Waals surface area contributed by atoms with Gasteiger partial charge in [0.05, 0.1) is 0 Å². The van der Waals surface area contributed by atoms with Gasteiger partial charge in [-0.25, -0.2) is 0 Å². The molecule has 0 unspecified atom stereocenters. The molecule has 50 valence electrons. The van der Waals surface area contributed by atoms with Crippen LogP contribution < -0.4 is 5.32 Å². The van der Waals surface area contributed by atoms with Crippen LogP contribution in [0.4, 0.5) is 0 Å². The molecular weight excluding hydrogens is 114 g/mol. The molecule has 1 aliphatic carbocycles. The van der Waals surface area contributed by atoms with Crippen molar-refractivity contribution in [3.8, 4) is 0 Å². The predicted octanol–water partition coefficient (Wildman–Crippen LogP) is 0.185. The van der Waals surface area contributed by atoms with Gasteiger partial charge in [0.2, 0.25) is 0 Å². The van der Waals surface area contributed by atoms with Crippen molar-refractivity contribution >= 4 is 5.78 Å². The summed E-state index contributed by atoms with van der Waals surface area (Å²) in [6.07, 6.45) is 1.98. The first-order valence-electron chi connectivity index (χ1n) is 3.61. The SMILES string of the molecule is O=C1CC[C@@H]2CNC[C@@H]12. The van der Waals surface area contributed by atoms with Gasteiger partial charge in [-0.05, 0) is 18.9 Å². The number of nitrogens with one attached hydrogen (secondary N) is 1. The molecule has 2 fully saturated rings. The van der Waals surface area contributed by atoms with E-state index in [2.05, 4.69) is 5.32 Å². The monoisotopic (exact) mass is 125 g/mol. The zero-order valence-electron chi connectivity index (χ0n) is 5.39. The summed E-state index contributed by atoms with van der Waals surface area (Å²) in [5.41, 5.74) is 0. The van der Waals surface area contributed by atoms with E-state index in [1.54, 1.807) is 0 Å². The minimum Gasteiger partial charge on any atom is -0.316 e. The molecule has 0 spiro atoms. The molecular formula is C7H11NO. The van der Waals surface area contributed by atoms with Crippen molar-refractivity contribution in [1.29, 1.82) is 0 Å². The number of hydrogen-bond donors (Lipinski definition) is 1. The fourth-order valence-electron chi connectivity index (χ4n) is 1.93. The van der Waals surface area contributed by atoms with E-state index in [1.165, 1.54) is 0 Å². The van der Waals surface area contributed by atoms with E-state index in [-0.39, 0.29) is 0 Å². The number of Topliss-reactive ketones (excluding diaryl/α,β-unsaturated/α-hetero) is 1. The van der Waals surface area contributed by atoms with Gasteiger partial charge in [-0.3, -0.25) is 4.79 Å². The first kappa shape index (κ1) is 5.42. The molecule has 2 aliphatic rings. The summed E-state index contributed by atoms with van der Waals surface area (Å²) in [6, 6.07) is 0. The van der Waals surface area contributed by atoms with Crippen LogP contribution in [0.15, 0.2) is 0 Å². The zero-order chi connectivity index (χ0) is 6.27. The zero-order valence-corrected chi connectivity index (χ0v) is 5.39. The fourth-order valence-corrected chi connectivity index (χ4v) is 1.93. The first-order chi connectivity index (χ1) is 4.38. The van der Waals surface area contributed by atoms with Crippen molar-refractivity contribution in [2.75, 3.05) is 13.1 Å². The molecule has 0 aromatic heterocycles. The van der Waals surface area contributed by atoms with E-state index < -0.39 is 0 Å². The molecule has 1 heterocycles. The molecule has 1 saturated heterocycles. The third kappa shape index (κ3) is 0.697. The van der Waals surface area contributed by atoms with Crippen LogP contribution >= 0.6 is 0 Å². The Labute approximate surface area is 54.6 Å². The largest absolute Gasteiger partial charge is 0.316 e. The highest BCUT2D eigenvalue weighted by atomic mass is 16.1. The molecule has 0 amide bonds. The van der Waals surface area contributed by atoms with Crippen molar-refractivity contribution in [1.82, 2.24) is 5.32 Å². The number of hydrogen-bond acceptors (Lipinski definition) is 2. The summed E-state index contributed by atoms with van der Waals surface area (Å²) >= 11 is 0. The second-order valence-corrected chi connectivity index (χ2v) is 3.03. The van der Waals surface area contributed by atoms with Crippen LogP contribution in [0, 0.1) is 11.8 Å². The minimum atomic E-state index is 0.394. The van der Waals surface area contributed by atoms with E-state index in [1.807, 2.05) is 0 Å². The van der Waals surface area contributed by atoms with Crippen LogP contribution in [-0.4, -0.2) is 18.9 Å². The number of carbonyl (C=O) groups excluding carboxylic acids is 1. The highest BCUT2D eigenvalue weighted by molar-refractivity contribution is 5.84. The molecule has 2 nitrogen and oxygen atoms in total. The minimum absolute atomic E-state index is 0.394. The maximum Gasteiger partial charge on any atom is 0.137 e. The summed E-state index contributed by atoms with van der Waals surface area (Å²) in [6.45, 7) is 2.03. The summed E-state index contributed by atoms with van der Waals surface area (Å²) in [5.74, 6) is 1.58. The molecule has 2 atom stereocenters. The Bertz CT molecular complexity index is 144. The second-order valence-electron chi connectivity index (χ2n) is 3.03. The third-order valence-corrected chi connectivity index (χ3v) is 2.51. The number of fused-ring (bicyclic) bond motifs is 1. The smallest absolute Gasteiger partial charge is 0.137 e. The van der Waals surface area contributed by atoms with Crippen molar-refractivity contribution in [2.45, 2.75) is 12.8 Å². The number of carbonyl (C=O) groups is 1. The highest BCUT2D eigenvalue weighted by Gasteiger charge is 2.37. The first-order valence-corrected chi connectivity index (χ1v) is 3.61. The molecule has 0 bridgehead atoms. The quantitative estimate of drug-likeness (QED) is 0.500. The average molecular weight is 125 g/mol. The Balaban J connectivity index is 2.15. The van der Waals surface area contributed by atoms with E-state index in [4.69, 9.17) is 0 Å². The van der Waals surface area contributed by atoms with Crippen LogP contribution in [0.5, 0.6) is 0 Å². The molecule has 9 heavy (non-hydrogen) atoms. The van der Waals surface area contributed by atoms with Gasteiger partial charge in [-0.2, -0.15) is 0 Å². The maximum atomic E-state index is 11.0.